The van der Waals surface area contributed by atoms with Crippen LogP contribution in [0.2, 0.25) is 0 Å². The molecule has 0 amide bonds. The van der Waals surface area contributed by atoms with Crippen LogP contribution in [0.3, 0.4) is 0 Å². The third-order valence-electron chi connectivity index (χ3n) is 9.97. The molecule has 2 heteroatoms. The maximum absolute atomic E-state index is 11.1. The van der Waals surface area contributed by atoms with Crippen LogP contribution in [0.15, 0.2) is 0 Å². The van der Waals surface area contributed by atoms with E-state index in [0.29, 0.717) is 5.41 Å². The molecule has 7 atom stereocenters. The molecule has 0 aromatic rings. The molecule has 0 aromatic heterocycles. The SMILES string of the molecule is C[C@]12CCCC[C@@H]1CC[C@@H]1[C@@H]2CC[C@]2(CN3CCCC3)[C@@H](O)CC[C@@H]12. The second-order valence-electron chi connectivity index (χ2n) is 10.8. The summed E-state index contributed by atoms with van der Waals surface area (Å²) < 4.78 is 0. The van der Waals surface area contributed by atoms with Crippen molar-refractivity contribution in [2.45, 2.75) is 90.1 Å². The Hall–Kier alpha value is -0.0800. The summed E-state index contributed by atoms with van der Waals surface area (Å²) in [6.45, 7) is 6.46. The van der Waals surface area contributed by atoms with Gasteiger partial charge in [0.2, 0.25) is 0 Å². The first kappa shape index (κ1) is 17.0. The number of rotatable bonds is 2. The second kappa shape index (κ2) is 6.23. The molecule has 142 valence electrons. The van der Waals surface area contributed by atoms with Crippen molar-refractivity contribution in [1.82, 2.24) is 4.90 Å². The van der Waals surface area contributed by atoms with Crippen molar-refractivity contribution < 1.29 is 5.11 Å². The average molecular weight is 346 g/mol. The molecular formula is C23H39NO. The maximum atomic E-state index is 11.1. The molecule has 2 nitrogen and oxygen atoms in total. The van der Waals surface area contributed by atoms with E-state index in [-0.39, 0.29) is 11.5 Å². The van der Waals surface area contributed by atoms with Crippen LogP contribution in [0.25, 0.3) is 0 Å². The van der Waals surface area contributed by atoms with E-state index in [1.54, 1.807) is 0 Å². The Kier molecular flexibility index (Phi) is 4.25. The van der Waals surface area contributed by atoms with Crippen LogP contribution in [-0.4, -0.2) is 35.7 Å². The number of likely N-dealkylation sites (tertiary alicyclic amines) is 1. The van der Waals surface area contributed by atoms with Gasteiger partial charge in [0.25, 0.3) is 0 Å². The molecule has 0 radical (unpaired) electrons. The molecule has 0 aromatic carbocycles. The molecule has 1 heterocycles. The predicted octanol–water partition coefficient (Wildman–Crippen LogP) is 4.86. The highest BCUT2D eigenvalue weighted by molar-refractivity contribution is 5.11. The largest absolute Gasteiger partial charge is 0.392 e. The Morgan fingerprint density at radius 2 is 1.68 bits per heavy atom. The van der Waals surface area contributed by atoms with Crippen molar-refractivity contribution in [2.75, 3.05) is 19.6 Å². The highest BCUT2D eigenvalue weighted by Crippen LogP contribution is 2.66. The average Bonchev–Trinajstić information content (AvgIpc) is 3.23. The lowest BCUT2D eigenvalue weighted by molar-refractivity contribution is -0.132. The van der Waals surface area contributed by atoms with E-state index in [2.05, 4.69) is 11.8 Å². The lowest BCUT2D eigenvalue weighted by atomic mass is 9.45. The molecule has 4 saturated carbocycles. The molecule has 1 aliphatic heterocycles. The minimum absolute atomic E-state index is 0.0177. The van der Waals surface area contributed by atoms with Gasteiger partial charge in [-0.15, -0.1) is 0 Å². The van der Waals surface area contributed by atoms with Gasteiger partial charge in [-0.1, -0.05) is 19.8 Å². The predicted molar refractivity (Wildman–Crippen MR) is 102 cm³/mol. The molecule has 25 heavy (non-hydrogen) atoms. The molecule has 5 fully saturated rings. The van der Waals surface area contributed by atoms with Gasteiger partial charge < -0.3 is 10.0 Å². The normalized spacial score (nSPS) is 53.3. The smallest absolute Gasteiger partial charge is 0.0611 e. The zero-order valence-electron chi connectivity index (χ0n) is 16.4. The lowest BCUT2D eigenvalue weighted by Crippen LogP contribution is -2.56. The Labute approximate surface area is 154 Å². The van der Waals surface area contributed by atoms with Gasteiger partial charge >= 0.3 is 0 Å². The molecule has 1 N–H and O–H groups in total. The molecule has 4 aliphatic carbocycles. The molecule has 0 spiro atoms. The van der Waals surface area contributed by atoms with Gasteiger partial charge in [-0.2, -0.15) is 0 Å². The number of hydrogen-bond acceptors (Lipinski definition) is 2. The van der Waals surface area contributed by atoms with Crippen LogP contribution in [-0.2, 0) is 0 Å². The standard InChI is InChI=1S/C23H39NO/c1-22-12-3-2-6-17(22)7-8-18-19(22)11-13-23(16-24-14-4-5-15-24)20(18)9-10-21(23)25/h17-21,25H,2-16H2,1H3/t17-,18-,19+,20+,21+,22+,23-/m1/s1. The van der Waals surface area contributed by atoms with Gasteiger partial charge in [0.1, 0.15) is 0 Å². The first-order valence-corrected chi connectivity index (χ1v) is 11.5. The topological polar surface area (TPSA) is 23.5 Å². The van der Waals surface area contributed by atoms with Gasteiger partial charge in [-0.3, -0.25) is 0 Å². The highest BCUT2D eigenvalue weighted by Gasteiger charge is 2.61. The van der Waals surface area contributed by atoms with Crippen molar-refractivity contribution in [1.29, 1.82) is 0 Å². The number of aliphatic hydroxyl groups excluding tert-OH is 1. The minimum atomic E-state index is -0.0177. The fourth-order valence-corrected chi connectivity index (χ4v) is 8.74. The Morgan fingerprint density at radius 3 is 2.52 bits per heavy atom. The van der Waals surface area contributed by atoms with Crippen LogP contribution < -0.4 is 0 Å². The van der Waals surface area contributed by atoms with Crippen LogP contribution >= 0.6 is 0 Å². The fraction of sp³-hybridized carbons (Fsp3) is 1.00. The van der Waals surface area contributed by atoms with Gasteiger partial charge in [0.15, 0.2) is 0 Å². The molecule has 0 bridgehead atoms. The number of aliphatic hydroxyl groups is 1. The summed E-state index contributed by atoms with van der Waals surface area (Å²) in [6, 6.07) is 0. The summed E-state index contributed by atoms with van der Waals surface area (Å²) in [4.78, 5) is 2.70. The van der Waals surface area contributed by atoms with Crippen molar-refractivity contribution in [3.8, 4) is 0 Å². The third-order valence-corrected chi connectivity index (χ3v) is 9.97. The van der Waals surface area contributed by atoms with E-state index in [9.17, 15) is 5.11 Å². The summed E-state index contributed by atoms with van der Waals surface area (Å²) in [5.74, 6) is 3.72. The quantitative estimate of drug-likeness (QED) is 0.773. The number of hydrogen-bond donors (Lipinski definition) is 1. The van der Waals surface area contributed by atoms with Gasteiger partial charge in [-0.25, -0.2) is 0 Å². The van der Waals surface area contributed by atoms with Crippen LogP contribution in [0.4, 0.5) is 0 Å². The summed E-state index contributed by atoms with van der Waals surface area (Å²) in [5.41, 5.74) is 0.887. The second-order valence-corrected chi connectivity index (χ2v) is 10.8. The van der Waals surface area contributed by atoms with Gasteiger partial charge in [0, 0.05) is 12.0 Å². The van der Waals surface area contributed by atoms with E-state index >= 15 is 0 Å². The van der Waals surface area contributed by atoms with Crippen molar-refractivity contribution >= 4 is 0 Å². The monoisotopic (exact) mass is 345 g/mol. The Morgan fingerprint density at radius 1 is 0.840 bits per heavy atom. The minimum Gasteiger partial charge on any atom is -0.392 e. The van der Waals surface area contributed by atoms with E-state index in [0.717, 1.165) is 30.1 Å². The van der Waals surface area contributed by atoms with Gasteiger partial charge in [0.05, 0.1) is 6.10 Å². The van der Waals surface area contributed by atoms with Crippen LogP contribution in [0.5, 0.6) is 0 Å². The number of fused-ring (bicyclic) bond motifs is 5. The van der Waals surface area contributed by atoms with E-state index in [4.69, 9.17) is 0 Å². The molecule has 1 saturated heterocycles. The summed E-state index contributed by atoms with van der Waals surface area (Å²) >= 11 is 0. The van der Waals surface area contributed by atoms with Crippen LogP contribution in [0, 0.1) is 34.5 Å². The van der Waals surface area contributed by atoms with E-state index in [1.807, 2.05) is 0 Å². The summed E-state index contributed by atoms with van der Waals surface area (Å²) in [5, 5.41) is 11.1. The summed E-state index contributed by atoms with van der Waals surface area (Å²) in [6.07, 6.45) is 16.8. The first-order valence-electron chi connectivity index (χ1n) is 11.5. The van der Waals surface area contributed by atoms with Crippen molar-refractivity contribution in [3.63, 3.8) is 0 Å². The molecular weight excluding hydrogens is 306 g/mol. The lowest BCUT2D eigenvalue weighted by Gasteiger charge is -2.61. The zero-order chi connectivity index (χ0) is 17.1. The molecule has 5 rings (SSSR count). The van der Waals surface area contributed by atoms with Gasteiger partial charge in [-0.05, 0) is 106 Å². The van der Waals surface area contributed by atoms with E-state index < -0.39 is 0 Å². The zero-order valence-corrected chi connectivity index (χ0v) is 16.4. The van der Waals surface area contributed by atoms with Crippen molar-refractivity contribution in [3.05, 3.63) is 0 Å². The Balaban J connectivity index is 1.42. The Bertz CT molecular complexity index is 500. The van der Waals surface area contributed by atoms with E-state index in [1.165, 1.54) is 90.3 Å². The summed E-state index contributed by atoms with van der Waals surface area (Å²) in [7, 11) is 0. The number of nitrogens with zero attached hydrogens (tertiary/aromatic N) is 1. The maximum Gasteiger partial charge on any atom is 0.0611 e. The first-order chi connectivity index (χ1) is 12.1. The van der Waals surface area contributed by atoms with Crippen LogP contribution in [0.1, 0.15) is 84.0 Å². The van der Waals surface area contributed by atoms with Crippen molar-refractivity contribution in [2.24, 2.45) is 34.5 Å². The highest BCUT2D eigenvalue weighted by atomic mass is 16.3. The molecule has 5 aliphatic rings. The molecule has 0 unspecified atom stereocenters. The fourth-order valence-electron chi connectivity index (χ4n) is 8.74. The third kappa shape index (κ3) is 2.49.